The van der Waals surface area contributed by atoms with Crippen molar-refractivity contribution < 1.29 is 9.59 Å². The summed E-state index contributed by atoms with van der Waals surface area (Å²) in [6, 6.07) is 11.6. The molecule has 1 saturated carbocycles. The zero-order chi connectivity index (χ0) is 18.1. The molecule has 0 bridgehead atoms. The Balaban J connectivity index is 1.53. The smallest absolute Gasteiger partial charge is 0.248 e. The predicted octanol–water partition coefficient (Wildman–Crippen LogP) is 1.77. The number of amides is 2. The third-order valence-electron chi connectivity index (χ3n) is 5.11. The number of aromatic nitrogens is 1. The van der Waals surface area contributed by atoms with Crippen LogP contribution in [0.15, 0.2) is 48.8 Å². The van der Waals surface area contributed by atoms with E-state index in [4.69, 9.17) is 5.73 Å². The van der Waals surface area contributed by atoms with Gasteiger partial charge in [-0.2, -0.15) is 0 Å². The number of nitrogens with two attached hydrogens (primary N) is 1. The van der Waals surface area contributed by atoms with Gasteiger partial charge in [0.2, 0.25) is 11.8 Å². The van der Waals surface area contributed by atoms with Crippen LogP contribution in [0.3, 0.4) is 0 Å². The lowest BCUT2D eigenvalue weighted by atomic mass is 10.0. The fourth-order valence-electron chi connectivity index (χ4n) is 3.75. The highest BCUT2D eigenvalue weighted by Crippen LogP contribution is 2.41. The van der Waals surface area contributed by atoms with Gasteiger partial charge >= 0.3 is 0 Å². The van der Waals surface area contributed by atoms with Crippen LogP contribution in [0.1, 0.15) is 46.8 Å². The molecular weight excluding hydrogens is 328 g/mol. The fourth-order valence-corrected chi connectivity index (χ4v) is 3.75. The molecule has 1 aliphatic carbocycles. The third-order valence-corrected chi connectivity index (χ3v) is 5.11. The summed E-state index contributed by atoms with van der Waals surface area (Å²) >= 11 is 0. The summed E-state index contributed by atoms with van der Waals surface area (Å²) < 4.78 is 0. The van der Waals surface area contributed by atoms with Crippen LogP contribution < -0.4 is 11.1 Å². The molecule has 1 aromatic heterocycles. The summed E-state index contributed by atoms with van der Waals surface area (Å²) in [5, 5.41) is 3.51. The molecule has 2 fully saturated rings. The molecular formula is C20H22N4O2. The topological polar surface area (TPSA) is 88.3 Å². The molecule has 2 amide bonds. The van der Waals surface area contributed by atoms with Crippen molar-refractivity contribution in [2.45, 2.75) is 43.9 Å². The molecule has 134 valence electrons. The van der Waals surface area contributed by atoms with Gasteiger partial charge in [0.05, 0.1) is 6.04 Å². The number of pyridine rings is 1. The second-order valence-electron chi connectivity index (χ2n) is 7.02. The van der Waals surface area contributed by atoms with Crippen LogP contribution in [0.4, 0.5) is 0 Å². The van der Waals surface area contributed by atoms with Crippen LogP contribution in [0, 0.1) is 0 Å². The van der Waals surface area contributed by atoms with Crippen molar-refractivity contribution >= 4 is 11.8 Å². The van der Waals surface area contributed by atoms with Crippen LogP contribution in [-0.4, -0.2) is 33.8 Å². The van der Waals surface area contributed by atoms with Gasteiger partial charge in [-0.05, 0) is 42.2 Å². The second kappa shape index (κ2) is 6.88. The molecule has 6 nitrogen and oxygen atoms in total. The number of carbonyl (C=O) groups excluding carboxylic acids is 2. The number of carbonyl (C=O) groups is 2. The highest BCUT2D eigenvalue weighted by atomic mass is 16.2. The number of likely N-dealkylation sites (tertiary alicyclic amines) is 1. The lowest BCUT2D eigenvalue weighted by Crippen LogP contribution is -2.37. The van der Waals surface area contributed by atoms with Gasteiger partial charge in [-0.1, -0.05) is 18.2 Å². The molecule has 0 spiro atoms. The van der Waals surface area contributed by atoms with Gasteiger partial charge in [0.25, 0.3) is 0 Å². The largest absolute Gasteiger partial charge is 0.366 e. The molecule has 2 heterocycles. The van der Waals surface area contributed by atoms with Crippen molar-refractivity contribution in [3.05, 3.63) is 65.5 Å². The molecule has 6 heteroatoms. The summed E-state index contributed by atoms with van der Waals surface area (Å²) in [7, 11) is 0. The van der Waals surface area contributed by atoms with Gasteiger partial charge in [-0.15, -0.1) is 0 Å². The second-order valence-corrected chi connectivity index (χ2v) is 7.02. The van der Waals surface area contributed by atoms with E-state index in [0.29, 0.717) is 24.6 Å². The Morgan fingerprint density at radius 1 is 1.27 bits per heavy atom. The van der Waals surface area contributed by atoms with Crippen molar-refractivity contribution in [3.63, 3.8) is 0 Å². The Morgan fingerprint density at radius 3 is 2.81 bits per heavy atom. The quantitative estimate of drug-likeness (QED) is 0.831. The Labute approximate surface area is 152 Å². The number of hydrogen-bond donors (Lipinski definition) is 2. The van der Waals surface area contributed by atoms with E-state index < -0.39 is 5.91 Å². The average molecular weight is 350 g/mol. The van der Waals surface area contributed by atoms with Crippen LogP contribution in [0.25, 0.3) is 0 Å². The minimum Gasteiger partial charge on any atom is -0.366 e. The lowest BCUT2D eigenvalue weighted by molar-refractivity contribution is -0.129. The van der Waals surface area contributed by atoms with Crippen molar-refractivity contribution in [1.82, 2.24) is 15.2 Å². The standard InChI is InChI=1S/C20H22N4O2/c21-20(26)14-4-1-3-13(9-14)11-23-17-10-18(25)24(16-6-7-16)19(17)15-5-2-8-22-12-15/h1-5,8-9,12,16-17,19,23H,6-7,10-11H2,(H2,21,26)/t17-,19+/m1/s1. The Morgan fingerprint density at radius 2 is 2.12 bits per heavy atom. The van der Waals surface area contributed by atoms with Crippen molar-refractivity contribution in [2.75, 3.05) is 0 Å². The molecule has 4 rings (SSSR count). The summed E-state index contributed by atoms with van der Waals surface area (Å²) in [5.41, 5.74) is 7.89. The van der Waals surface area contributed by atoms with Crippen LogP contribution in [0.2, 0.25) is 0 Å². The Bertz CT molecular complexity index is 820. The maximum atomic E-state index is 12.6. The summed E-state index contributed by atoms with van der Waals surface area (Å²) in [5.74, 6) is -0.235. The predicted molar refractivity (Wildman–Crippen MR) is 97.1 cm³/mol. The maximum absolute atomic E-state index is 12.6. The van der Waals surface area contributed by atoms with Gasteiger partial charge in [0.1, 0.15) is 0 Å². The Hall–Kier alpha value is -2.73. The number of nitrogens with one attached hydrogen (secondary N) is 1. The maximum Gasteiger partial charge on any atom is 0.248 e. The lowest BCUT2D eigenvalue weighted by Gasteiger charge is -2.29. The SMILES string of the molecule is NC(=O)c1cccc(CN[C@@H]2CC(=O)N(C3CC3)[C@H]2c2cccnc2)c1. The van der Waals surface area contributed by atoms with Crippen molar-refractivity contribution in [2.24, 2.45) is 5.73 Å². The van der Waals surface area contributed by atoms with Crippen molar-refractivity contribution in [3.8, 4) is 0 Å². The third kappa shape index (κ3) is 3.32. The summed E-state index contributed by atoms with van der Waals surface area (Å²) in [4.78, 5) is 30.2. The average Bonchev–Trinajstić information content (AvgIpc) is 3.44. The first-order valence-corrected chi connectivity index (χ1v) is 8.96. The minimum atomic E-state index is -0.434. The first-order valence-electron chi connectivity index (χ1n) is 8.96. The van der Waals surface area contributed by atoms with Gasteiger partial charge < -0.3 is 16.0 Å². The van der Waals surface area contributed by atoms with Gasteiger partial charge in [-0.3, -0.25) is 14.6 Å². The molecule has 0 radical (unpaired) electrons. The first-order chi connectivity index (χ1) is 12.6. The number of primary amides is 1. The molecule has 26 heavy (non-hydrogen) atoms. The van der Waals surface area contributed by atoms with Crippen LogP contribution in [0.5, 0.6) is 0 Å². The number of benzene rings is 1. The summed E-state index contributed by atoms with van der Waals surface area (Å²) in [6.45, 7) is 0.578. The Kier molecular flexibility index (Phi) is 4.42. The molecule has 1 aromatic carbocycles. The van der Waals surface area contributed by atoms with E-state index >= 15 is 0 Å². The van der Waals surface area contributed by atoms with E-state index in [1.54, 1.807) is 18.3 Å². The number of nitrogens with zero attached hydrogens (tertiary/aromatic N) is 2. The highest BCUT2D eigenvalue weighted by molar-refractivity contribution is 5.92. The fraction of sp³-hybridized carbons (Fsp3) is 0.350. The van der Waals surface area contributed by atoms with Gasteiger partial charge in [0, 0.05) is 43.0 Å². The van der Waals surface area contributed by atoms with Crippen molar-refractivity contribution in [1.29, 1.82) is 0 Å². The molecule has 3 N–H and O–H groups in total. The van der Waals surface area contributed by atoms with E-state index in [-0.39, 0.29) is 18.0 Å². The monoisotopic (exact) mass is 350 g/mol. The minimum absolute atomic E-state index is 0.00280. The van der Waals surface area contributed by atoms with E-state index in [1.807, 2.05) is 35.4 Å². The van der Waals surface area contributed by atoms with Crippen LogP contribution in [-0.2, 0) is 11.3 Å². The van der Waals surface area contributed by atoms with Crippen LogP contribution >= 0.6 is 0 Å². The number of rotatable bonds is 6. The molecule has 2 aliphatic rings. The van der Waals surface area contributed by atoms with E-state index in [2.05, 4.69) is 10.3 Å². The normalized spacial score (nSPS) is 22.6. The van der Waals surface area contributed by atoms with E-state index in [9.17, 15) is 9.59 Å². The van der Waals surface area contributed by atoms with Gasteiger partial charge in [-0.25, -0.2) is 0 Å². The zero-order valence-electron chi connectivity index (χ0n) is 14.5. The zero-order valence-corrected chi connectivity index (χ0v) is 14.5. The molecule has 2 aromatic rings. The molecule has 0 unspecified atom stereocenters. The van der Waals surface area contributed by atoms with Gasteiger partial charge in [0.15, 0.2) is 0 Å². The molecule has 1 saturated heterocycles. The van der Waals surface area contributed by atoms with E-state index in [1.165, 1.54) is 0 Å². The number of hydrogen-bond acceptors (Lipinski definition) is 4. The highest BCUT2D eigenvalue weighted by Gasteiger charge is 2.47. The summed E-state index contributed by atoms with van der Waals surface area (Å²) in [6.07, 6.45) is 6.23. The van der Waals surface area contributed by atoms with E-state index in [0.717, 1.165) is 24.0 Å². The molecule has 1 aliphatic heterocycles. The molecule has 2 atom stereocenters. The first kappa shape index (κ1) is 16.7.